The molecule has 0 aromatic carbocycles. The van der Waals surface area contributed by atoms with Crippen molar-refractivity contribution in [2.24, 2.45) is 11.6 Å². The molecule has 0 aromatic rings. The number of hydrogen-bond acceptors (Lipinski definition) is 2. The highest BCUT2D eigenvalue weighted by atomic mass is 16.4. The Kier molecular flexibility index (Phi) is 1.16. The fourth-order valence-electron chi connectivity index (χ4n) is 0.341. The first-order valence-electron chi connectivity index (χ1n) is 5.00. The van der Waals surface area contributed by atoms with Crippen LogP contribution < -0.4 is 5.73 Å². The number of rotatable bonds is 3. The van der Waals surface area contributed by atoms with Gasteiger partial charge in [0, 0.05) is 6.85 Å². The van der Waals surface area contributed by atoms with Gasteiger partial charge in [0.15, 0.2) is 0 Å². The van der Waals surface area contributed by atoms with Crippen LogP contribution in [0.25, 0.3) is 0 Å². The van der Waals surface area contributed by atoms with E-state index in [-0.39, 0.29) is 0 Å². The van der Waals surface area contributed by atoms with E-state index in [1.165, 1.54) is 0 Å². The van der Waals surface area contributed by atoms with Gasteiger partial charge in [0.25, 0.3) is 0 Å². The number of hydrogen-bond donors (Lipinski definition) is 2. The summed E-state index contributed by atoms with van der Waals surface area (Å²) < 4.78 is 35.7. The van der Waals surface area contributed by atoms with Gasteiger partial charge in [0.05, 0.1) is 0 Å². The van der Waals surface area contributed by atoms with Gasteiger partial charge in [-0.15, -0.1) is 0 Å². The van der Waals surface area contributed by atoms with Crippen LogP contribution in [0, 0.1) is 5.89 Å². The summed E-state index contributed by atoms with van der Waals surface area (Å²) in [6.07, 6.45) is -1.70. The molecule has 0 fully saturated rings. The Morgan fingerprint density at radius 1 is 2.22 bits per heavy atom. The average molecular weight is 137 g/mol. The van der Waals surface area contributed by atoms with Gasteiger partial charge in [-0.05, 0) is 12.3 Å². The van der Waals surface area contributed by atoms with Crippen molar-refractivity contribution in [2.45, 2.75) is 26.2 Å². The SMILES string of the molecule is [2H]C([C@@H](N)C(=O)O)C([2H])([13CH3])C([2H])([2H])[2H]. The summed E-state index contributed by atoms with van der Waals surface area (Å²) >= 11 is 0. The third-order valence-corrected chi connectivity index (χ3v) is 0.715. The van der Waals surface area contributed by atoms with Crippen LogP contribution in [-0.4, -0.2) is 17.1 Å². The van der Waals surface area contributed by atoms with Gasteiger partial charge >= 0.3 is 5.97 Å². The Balaban J connectivity index is 4.84. The maximum Gasteiger partial charge on any atom is 0.320 e. The lowest BCUT2D eigenvalue weighted by molar-refractivity contribution is -0.138. The number of aliphatic carboxylic acids is 1. The Morgan fingerprint density at radius 3 is 3.11 bits per heavy atom. The maximum atomic E-state index is 10.4. The highest BCUT2D eigenvalue weighted by molar-refractivity contribution is 5.72. The fourth-order valence-corrected chi connectivity index (χ4v) is 0.341. The summed E-state index contributed by atoms with van der Waals surface area (Å²) in [6.45, 7) is -1.74. The van der Waals surface area contributed by atoms with Gasteiger partial charge in [-0.1, -0.05) is 13.8 Å². The van der Waals surface area contributed by atoms with Crippen LogP contribution in [0.15, 0.2) is 0 Å². The van der Waals surface area contributed by atoms with Crippen molar-refractivity contribution < 1.29 is 16.8 Å². The van der Waals surface area contributed by atoms with Crippen LogP contribution >= 0.6 is 0 Å². The molecule has 9 heavy (non-hydrogen) atoms. The first-order chi connectivity index (χ1) is 6.01. The molecule has 0 aromatic heterocycles. The zero-order chi connectivity index (χ0) is 11.7. The summed E-state index contributed by atoms with van der Waals surface area (Å²) in [6, 6.07) is -1.67. The number of carbonyl (C=O) groups is 1. The quantitative estimate of drug-likeness (QED) is 0.555. The van der Waals surface area contributed by atoms with Gasteiger partial charge in [-0.25, -0.2) is 0 Å². The van der Waals surface area contributed by atoms with Crippen LogP contribution in [0.5, 0.6) is 0 Å². The number of carboxylic acid groups (broad SMARTS) is 1. The van der Waals surface area contributed by atoms with Gasteiger partial charge in [-0.2, -0.15) is 0 Å². The van der Waals surface area contributed by atoms with Crippen molar-refractivity contribution >= 4 is 5.97 Å². The lowest BCUT2D eigenvalue weighted by Gasteiger charge is -2.07. The van der Waals surface area contributed by atoms with E-state index >= 15 is 0 Å². The van der Waals surface area contributed by atoms with E-state index in [0.717, 1.165) is 6.92 Å². The van der Waals surface area contributed by atoms with E-state index in [1.807, 2.05) is 0 Å². The summed E-state index contributed by atoms with van der Waals surface area (Å²) in [5.74, 6) is -3.67. The molecule has 3 nitrogen and oxygen atoms in total. The molecule has 3 N–H and O–H groups in total. The summed E-state index contributed by atoms with van der Waals surface area (Å²) in [5.41, 5.74) is 5.09. The molecule has 0 aliphatic heterocycles. The maximum absolute atomic E-state index is 10.4. The van der Waals surface area contributed by atoms with E-state index in [9.17, 15) is 4.79 Å². The van der Waals surface area contributed by atoms with Crippen LogP contribution in [0.1, 0.15) is 27.0 Å². The highest BCUT2D eigenvalue weighted by Crippen LogP contribution is 2.01. The predicted octanol–water partition coefficient (Wildman–Crippen LogP) is 0.444. The minimum Gasteiger partial charge on any atom is -0.480 e. The largest absolute Gasteiger partial charge is 0.480 e. The van der Waals surface area contributed by atoms with Crippen molar-refractivity contribution in [3.8, 4) is 0 Å². The zero-order valence-corrected chi connectivity index (χ0v) is 5.09. The molecule has 0 aliphatic rings. The molecule has 3 heteroatoms. The molecule has 0 bridgehead atoms. The molecule has 2 unspecified atom stereocenters. The first-order valence-corrected chi connectivity index (χ1v) is 2.42. The van der Waals surface area contributed by atoms with Crippen molar-refractivity contribution in [1.29, 1.82) is 0 Å². The zero-order valence-electron chi connectivity index (χ0n) is 10.1. The molecule has 0 saturated carbocycles. The molecule has 54 valence electrons. The first kappa shape index (κ1) is 3.01. The summed E-state index contributed by atoms with van der Waals surface area (Å²) in [5, 5.41) is 8.47. The van der Waals surface area contributed by atoms with Crippen molar-refractivity contribution in [3.63, 3.8) is 0 Å². The molecule has 0 saturated heterocycles. The molecule has 0 spiro atoms. The van der Waals surface area contributed by atoms with E-state index < -0.39 is 31.2 Å². The van der Waals surface area contributed by atoms with Crippen molar-refractivity contribution in [3.05, 3.63) is 0 Å². The Bertz CT molecular complexity index is 227. The van der Waals surface area contributed by atoms with Crippen LogP contribution in [0.3, 0.4) is 0 Å². The summed E-state index contributed by atoms with van der Waals surface area (Å²) in [7, 11) is 0. The molecule has 0 aliphatic carbocycles. The van der Waals surface area contributed by atoms with Gasteiger partial charge in [0.2, 0.25) is 0 Å². The van der Waals surface area contributed by atoms with E-state index in [4.69, 9.17) is 17.7 Å². The van der Waals surface area contributed by atoms with E-state index in [1.54, 1.807) is 0 Å². The topological polar surface area (TPSA) is 63.3 Å². The van der Waals surface area contributed by atoms with Crippen molar-refractivity contribution in [1.82, 2.24) is 0 Å². The number of nitrogens with two attached hydrogens (primary N) is 1. The van der Waals surface area contributed by atoms with E-state index in [2.05, 4.69) is 0 Å². The van der Waals surface area contributed by atoms with Crippen LogP contribution in [0.4, 0.5) is 0 Å². The van der Waals surface area contributed by atoms with Crippen molar-refractivity contribution in [2.75, 3.05) is 0 Å². The smallest absolute Gasteiger partial charge is 0.320 e. The molecule has 3 atom stereocenters. The highest BCUT2D eigenvalue weighted by Gasteiger charge is 2.11. The molecule has 0 radical (unpaired) electrons. The van der Waals surface area contributed by atoms with E-state index in [0.29, 0.717) is 0 Å². The molecule has 0 amide bonds. The van der Waals surface area contributed by atoms with Gasteiger partial charge < -0.3 is 10.8 Å². The Labute approximate surface area is 61.9 Å². The minimum absolute atomic E-state index is 0.987. The van der Waals surface area contributed by atoms with Crippen LogP contribution in [-0.2, 0) is 4.79 Å². The molecular weight excluding hydrogens is 119 g/mol. The third kappa shape index (κ3) is 3.97. The lowest BCUT2D eigenvalue weighted by atomic mass is 10.1. The second-order valence-corrected chi connectivity index (χ2v) is 1.71. The normalized spacial score (nSPS) is 33.3. The fraction of sp³-hybridized carbons (Fsp3) is 0.833. The monoisotopic (exact) mass is 137 g/mol. The second kappa shape index (κ2) is 3.45. The Hall–Kier alpha value is -0.570. The second-order valence-electron chi connectivity index (χ2n) is 1.71. The minimum atomic E-state index is -2.73. The Morgan fingerprint density at radius 2 is 2.78 bits per heavy atom. The van der Waals surface area contributed by atoms with Gasteiger partial charge in [0.1, 0.15) is 6.04 Å². The molecule has 0 rings (SSSR count). The predicted molar refractivity (Wildman–Crippen MR) is 35.1 cm³/mol. The summed E-state index contributed by atoms with van der Waals surface area (Å²) in [4.78, 5) is 10.4. The third-order valence-electron chi connectivity index (χ3n) is 0.715. The van der Waals surface area contributed by atoms with Gasteiger partial charge in [-0.3, -0.25) is 4.79 Å². The molecular formula is C6H13NO2. The lowest BCUT2D eigenvalue weighted by Crippen LogP contribution is -2.31. The average Bonchev–Trinajstić information content (AvgIpc) is 1.99. The van der Waals surface area contributed by atoms with Crippen LogP contribution in [0.2, 0.25) is 0 Å². The number of carboxylic acids is 1. The molecule has 0 heterocycles. The standard InChI is InChI=1S/C6H13NO2/c1-4(2)3-5(7)6(8)9/h4-5H,3,7H2,1-2H3,(H,8,9)/t5-/m1/s1/i1D3,2+1,3D,4D/t3?,4?,5-.